The van der Waals surface area contributed by atoms with Gasteiger partial charge in [0.15, 0.2) is 0 Å². The Morgan fingerprint density at radius 3 is 2.75 bits per heavy atom. The van der Waals surface area contributed by atoms with Crippen molar-refractivity contribution in [2.75, 3.05) is 31.9 Å². The molecule has 1 aliphatic heterocycles. The largest absolute Gasteiger partial charge is 0.481 e. The van der Waals surface area contributed by atoms with E-state index < -0.39 is 21.4 Å². The number of hydrogen-bond donors (Lipinski definition) is 2. The number of carboxylic acids is 1. The lowest BCUT2D eigenvalue weighted by Crippen LogP contribution is -2.38. The van der Waals surface area contributed by atoms with E-state index in [-0.39, 0.29) is 24.1 Å². The topological polar surface area (TPSA) is 86.7 Å². The normalized spacial score (nSPS) is 29.9. The van der Waals surface area contributed by atoms with Gasteiger partial charge in [-0.15, -0.1) is 12.4 Å². The summed E-state index contributed by atoms with van der Waals surface area (Å²) in [6.07, 6.45) is 2.72. The molecule has 0 bridgehead atoms. The molecule has 2 aliphatic rings. The van der Waals surface area contributed by atoms with E-state index in [1.807, 2.05) is 0 Å². The predicted molar refractivity (Wildman–Crippen MR) is 78.6 cm³/mol. The van der Waals surface area contributed by atoms with Gasteiger partial charge in [-0.1, -0.05) is 6.42 Å². The van der Waals surface area contributed by atoms with Crippen LogP contribution in [-0.2, 0) is 14.8 Å². The summed E-state index contributed by atoms with van der Waals surface area (Å²) in [5, 5.41) is 9.45. The molecule has 0 radical (unpaired) electrons. The number of aliphatic carboxylic acids is 1. The molecule has 6 nitrogen and oxygen atoms in total. The number of rotatable bonds is 6. The highest BCUT2D eigenvalue weighted by Crippen LogP contribution is 2.48. The van der Waals surface area contributed by atoms with Gasteiger partial charge < -0.3 is 10.0 Å². The van der Waals surface area contributed by atoms with E-state index >= 15 is 0 Å². The number of sulfonamides is 1. The Morgan fingerprint density at radius 1 is 1.50 bits per heavy atom. The monoisotopic (exact) mass is 326 g/mol. The third-order valence-corrected chi connectivity index (χ3v) is 5.90. The molecule has 0 aromatic carbocycles. The van der Waals surface area contributed by atoms with Crippen LogP contribution in [0.25, 0.3) is 0 Å². The highest BCUT2D eigenvalue weighted by Gasteiger charge is 2.54. The maximum atomic E-state index is 11.5. The van der Waals surface area contributed by atoms with Gasteiger partial charge in [0.2, 0.25) is 10.0 Å². The summed E-state index contributed by atoms with van der Waals surface area (Å²) in [7, 11) is -3.15. The first kappa shape index (κ1) is 17.7. The lowest BCUT2D eigenvalue weighted by Gasteiger charge is -2.23. The molecule has 118 valence electrons. The van der Waals surface area contributed by atoms with Crippen molar-refractivity contribution in [1.82, 2.24) is 9.62 Å². The van der Waals surface area contributed by atoms with Crippen molar-refractivity contribution in [3.63, 3.8) is 0 Å². The summed E-state index contributed by atoms with van der Waals surface area (Å²) in [6.45, 7) is 3.88. The van der Waals surface area contributed by atoms with Crippen LogP contribution in [0.4, 0.5) is 0 Å². The zero-order valence-corrected chi connectivity index (χ0v) is 13.3. The van der Waals surface area contributed by atoms with E-state index in [9.17, 15) is 18.3 Å². The molecule has 1 saturated carbocycles. The molecule has 1 aliphatic carbocycles. The standard InChI is InChI=1S/C12H22N2O4S.ClH/c1-2-19(17,18)13-6-7-14-8-10-4-3-5-12(10,9-14)11(15)16;/h10,13H,2-9H2,1H3,(H,15,16);1H/t10-,12+;/m0./s1. The molecule has 2 rings (SSSR count). The Kier molecular flexibility index (Phi) is 5.83. The van der Waals surface area contributed by atoms with Gasteiger partial charge in [0.1, 0.15) is 0 Å². The molecule has 0 unspecified atom stereocenters. The number of hydrogen-bond acceptors (Lipinski definition) is 4. The second-order valence-corrected chi connectivity index (χ2v) is 7.68. The number of carboxylic acid groups (broad SMARTS) is 1. The Balaban J connectivity index is 0.00000200. The molecule has 1 saturated heterocycles. The van der Waals surface area contributed by atoms with Gasteiger partial charge >= 0.3 is 5.97 Å². The lowest BCUT2D eigenvalue weighted by molar-refractivity contribution is -0.149. The van der Waals surface area contributed by atoms with Crippen LogP contribution in [0, 0.1) is 11.3 Å². The third-order valence-electron chi connectivity index (χ3n) is 4.50. The quantitative estimate of drug-likeness (QED) is 0.743. The molecule has 2 fully saturated rings. The molecule has 0 aromatic heterocycles. The van der Waals surface area contributed by atoms with Crippen LogP contribution >= 0.6 is 12.4 Å². The first-order valence-corrected chi connectivity index (χ1v) is 8.48. The van der Waals surface area contributed by atoms with Crippen molar-refractivity contribution < 1.29 is 18.3 Å². The Hall–Kier alpha value is -0.370. The van der Waals surface area contributed by atoms with Gasteiger partial charge in [0.25, 0.3) is 0 Å². The minimum atomic E-state index is -3.15. The van der Waals surface area contributed by atoms with E-state index in [1.54, 1.807) is 6.92 Å². The van der Waals surface area contributed by atoms with Crippen molar-refractivity contribution in [2.24, 2.45) is 11.3 Å². The van der Waals surface area contributed by atoms with Gasteiger partial charge in [-0.3, -0.25) is 4.79 Å². The molecule has 0 amide bonds. The van der Waals surface area contributed by atoms with Crippen molar-refractivity contribution in [2.45, 2.75) is 26.2 Å². The summed E-state index contributed by atoms with van der Waals surface area (Å²) < 4.78 is 25.2. The number of carbonyl (C=O) groups is 1. The van der Waals surface area contributed by atoms with Crippen molar-refractivity contribution in [3.8, 4) is 0 Å². The Morgan fingerprint density at radius 2 is 2.20 bits per heavy atom. The Labute approximate surface area is 126 Å². The van der Waals surface area contributed by atoms with Gasteiger partial charge in [-0.2, -0.15) is 0 Å². The van der Waals surface area contributed by atoms with Crippen LogP contribution < -0.4 is 4.72 Å². The average Bonchev–Trinajstić information content (AvgIpc) is 2.86. The summed E-state index contributed by atoms with van der Waals surface area (Å²) in [5.74, 6) is -0.381. The molecule has 2 N–H and O–H groups in total. The molecule has 2 atom stereocenters. The maximum Gasteiger partial charge on any atom is 0.311 e. The predicted octanol–water partition coefficient (Wildman–Crippen LogP) is 0.534. The van der Waals surface area contributed by atoms with Gasteiger partial charge in [-0.25, -0.2) is 13.1 Å². The van der Waals surface area contributed by atoms with Gasteiger partial charge in [-0.05, 0) is 25.7 Å². The fourth-order valence-corrected chi connectivity index (χ4v) is 3.98. The second-order valence-electron chi connectivity index (χ2n) is 5.58. The summed E-state index contributed by atoms with van der Waals surface area (Å²) in [5.41, 5.74) is -0.580. The summed E-state index contributed by atoms with van der Waals surface area (Å²) >= 11 is 0. The van der Waals surface area contributed by atoms with E-state index in [0.29, 0.717) is 19.6 Å². The zero-order chi connectivity index (χ0) is 14.1. The highest BCUT2D eigenvalue weighted by molar-refractivity contribution is 7.89. The molecular formula is C12H23ClN2O4S. The Bertz CT molecular complexity index is 456. The van der Waals surface area contributed by atoms with Crippen LogP contribution in [0.3, 0.4) is 0 Å². The highest BCUT2D eigenvalue weighted by atomic mass is 35.5. The van der Waals surface area contributed by atoms with E-state index in [0.717, 1.165) is 25.8 Å². The maximum absolute atomic E-state index is 11.5. The summed E-state index contributed by atoms with van der Waals surface area (Å²) in [4.78, 5) is 13.6. The molecule has 20 heavy (non-hydrogen) atoms. The minimum Gasteiger partial charge on any atom is -0.481 e. The van der Waals surface area contributed by atoms with Gasteiger partial charge in [0, 0.05) is 26.2 Å². The minimum absolute atomic E-state index is 0. The SMILES string of the molecule is CCS(=O)(=O)NCCN1C[C@@H]2CCC[C@@]2(C(=O)O)C1.Cl. The molecule has 1 heterocycles. The van der Waals surface area contributed by atoms with E-state index in [4.69, 9.17) is 0 Å². The van der Waals surface area contributed by atoms with Crippen molar-refractivity contribution in [1.29, 1.82) is 0 Å². The van der Waals surface area contributed by atoms with Crippen LogP contribution in [-0.4, -0.2) is 56.3 Å². The van der Waals surface area contributed by atoms with E-state index in [2.05, 4.69) is 9.62 Å². The molecule has 0 spiro atoms. The first-order valence-electron chi connectivity index (χ1n) is 6.83. The van der Waals surface area contributed by atoms with Crippen LogP contribution in [0.5, 0.6) is 0 Å². The van der Waals surface area contributed by atoms with Crippen molar-refractivity contribution in [3.05, 3.63) is 0 Å². The zero-order valence-electron chi connectivity index (χ0n) is 11.7. The lowest BCUT2D eigenvalue weighted by atomic mass is 9.81. The number of likely N-dealkylation sites (tertiary alicyclic amines) is 1. The molecule has 0 aromatic rings. The average molecular weight is 327 g/mol. The molecular weight excluding hydrogens is 304 g/mol. The number of halogens is 1. The molecule has 8 heteroatoms. The number of fused-ring (bicyclic) bond motifs is 1. The first-order chi connectivity index (χ1) is 8.89. The number of nitrogens with one attached hydrogen (secondary N) is 1. The second kappa shape index (κ2) is 6.60. The fourth-order valence-electron chi connectivity index (χ4n) is 3.37. The van der Waals surface area contributed by atoms with Crippen LogP contribution in [0.15, 0.2) is 0 Å². The van der Waals surface area contributed by atoms with Crippen LogP contribution in [0.1, 0.15) is 26.2 Å². The fraction of sp³-hybridized carbons (Fsp3) is 0.917. The van der Waals surface area contributed by atoms with Crippen molar-refractivity contribution >= 4 is 28.4 Å². The summed E-state index contributed by atoms with van der Waals surface area (Å²) in [6, 6.07) is 0. The van der Waals surface area contributed by atoms with Crippen LogP contribution in [0.2, 0.25) is 0 Å². The third kappa shape index (κ3) is 3.44. The smallest absolute Gasteiger partial charge is 0.311 e. The van der Waals surface area contributed by atoms with E-state index in [1.165, 1.54) is 0 Å². The number of nitrogens with zero attached hydrogens (tertiary/aromatic N) is 1. The van der Waals surface area contributed by atoms with Gasteiger partial charge in [0.05, 0.1) is 11.2 Å².